The van der Waals surface area contributed by atoms with Crippen LogP contribution < -0.4 is 11.3 Å². The number of benzene rings is 1. The van der Waals surface area contributed by atoms with Crippen LogP contribution in [0.4, 0.5) is 0 Å². The zero-order valence-electron chi connectivity index (χ0n) is 9.68. The zero-order chi connectivity index (χ0) is 13.1. The molecule has 0 aliphatic carbocycles. The quantitative estimate of drug-likeness (QED) is 0.816. The van der Waals surface area contributed by atoms with E-state index < -0.39 is 0 Å². The van der Waals surface area contributed by atoms with E-state index in [0.717, 1.165) is 5.52 Å². The summed E-state index contributed by atoms with van der Waals surface area (Å²) >= 11 is 5.14. The predicted octanol–water partition coefficient (Wildman–Crippen LogP) is 1.32. The molecule has 94 valence electrons. The summed E-state index contributed by atoms with van der Waals surface area (Å²) in [6, 6.07) is 7.19. The van der Waals surface area contributed by atoms with Crippen molar-refractivity contribution < 1.29 is 4.79 Å². The van der Waals surface area contributed by atoms with Crippen LogP contribution in [0.3, 0.4) is 0 Å². The van der Waals surface area contributed by atoms with Crippen molar-refractivity contribution in [1.29, 1.82) is 0 Å². The van der Waals surface area contributed by atoms with E-state index in [9.17, 15) is 9.59 Å². The first-order chi connectivity index (χ1) is 8.59. The van der Waals surface area contributed by atoms with Crippen molar-refractivity contribution in [2.24, 2.45) is 5.73 Å². The number of amides is 1. The average molecular weight is 263 g/mol. The van der Waals surface area contributed by atoms with E-state index in [1.807, 2.05) is 6.07 Å². The highest BCUT2D eigenvalue weighted by Crippen LogP contribution is 2.06. The SMILES string of the molecule is NC(=O)CCCn1c(=S)[nH]c2ccccc2c1=O. The van der Waals surface area contributed by atoms with E-state index in [1.165, 1.54) is 4.57 Å². The monoisotopic (exact) mass is 263 g/mol. The molecule has 0 atom stereocenters. The minimum absolute atomic E-state index is 0.140. The van der Waals surface area contributed by atoms with Gasteiger partial charge in [-0.3, -0.25) is 14.2 Å². The molecule has 3 N–H and O–H groups in total. The van der Waals surface area contributed by atoms with Gasteiger partial charge in [-0.1, -0.05) is 12.1 Å². The van der Waals surface area contributed by atoms with Crippen LogP contribution in [0.15, 0.2) is 29.1 Å². The summed E-state index contributed by atoms with van der Waals surface area (Å²) in [7, 11) is 0. The van der Waals surface area contributed by atoms with Gasteiger partial charge in [0.05, 0.1) is 10.9 Å². The number of hydrogen-bond acceptors (Lipinski definition) is 3. The van der Waals surface area contributed by atoms with Crippen LogP contribution in [0.25, 0.3) is 10.9 Å². The Labute approximate surface area is 108 Å². The molecular weight excluding hydrogens is 250 g/mol. The molecule has 18 heavy (non-hydrogen) atoms. The van der Waals surface area contributed by atoms with Gasteiger partial charge in [-0.25, -0.2) is 0 Å². The first-order valence-corrected chi connectivity index (χ1v) is 6.00. The standard InChI is InChI=1S/C12H13N3O2S/c13-10(16)6-3-7-15-11(17)8-4-1-2-5-9(8)14-12(15)18/h1-2,4-5H,3,6-7H2,(H2,13,16)(H,14,18). The third-order valence-corrected chi connectivity index (χ3v) is 3.02. The van der Waals surface area contributed by atoms with Crippen molar-refractivity contribution >= 4 is 29.0 Å². The lowest BCUT2D eigenvalue weighted by atomic mass is 10.2. The number of H-pyrrole nitrogens is 1. The molecule has 0 unspecified atom stereocenters. The molecular formula is C12H13N3O2S. The number of carbonyl (C=O) groups excluding carboxylic acids is 1. The number of aromatic amines is 1. The molecule has 1 aromatic heterocycles. The second-order valence-corrected chi connectivity index (χ2v) is 4.39. The van der Waals surface area contributed by atoms with E-state index in [2.05, 4.69) is 4.98 Å². The Morgan fingerprint density at radius 2 is 2.11 bits per heavy atom. The molecule has 1 amide bonds. The van der Waals surface area contributed by atoms with Gasteiger partial charge in [0.1, 0.15) is 0 Å². The molecule has 0 aliphatic heterocycles. The second-order valence-electron chi connectivity index (χ2n) is 4.00. The number of nitrogens with one attached hydrogen (secondary N) is 1. The lowest BCUT2D eigenvalue weighted by Crippen LogP contribution is -2.23. The number of para-hydroxylation sites is 1. The first kappa shape index (κ1) is 12.5. The van der Waals surface area contributed by atoms with Gasteiger partial charge in [0, 0.05) is 13.0 Å². The highest BCUT2D eigenvalue weighted by Gasteiger charge is 2.05. The summed E-state index contributed by atoms with van der Waals surface area (Å²) in [5.74, 6) is -0.376. The van der Waals surface area contributed by atoms with Crippen LogP contribution in [0.2, 0.25) is 0 Å². The molecule has 0 spiro atoms. The molecule has 0 fully saturated rings. The summed E-state index contributed by atoms with van der Waals surface area (Å²) in [5, 5.41) is 0.588. The Kier molecular flexibility index (Phi) is 3.57. The van der Waals surface area contributed by atoms with Gasteiger partial charge in [0.25, 0.3) is 5.56 Å². The van der Waals surface area contributed by atoms with Crippen LogP contribution in [0.1, 0.15) is 12.8 Å². The van der Waals surface area contributed by atoms with E-state index in [4.69, 9.17) is 18.0 Å². The summed E-state index contributed by atoms with van der Waals surface area (Å²) in [5.41, 5.74) is 5.64. The Hall–Kier alpha value is -1.95. The maximum absolute atomic E-state index is 12.2. The smallest absolute Gasteiger partial charge is 0.262 e. The van der Waals surface area contributed by atoms with Crippen molar-refractivity contribution in [3.63, 3.8) is 0 Å². The molecule has 0 aliphatic rings. The fourth-order valence-corrected chi connectivity index (χ4v) is 2.10. The summed E-state index contributed by atoms with van der Waals surface area (Å²) in [6.45, 7) is 0.391. The van der Waals surface area contributed by atoms with Gasteiger partial charge in [-0.2, -0.15) is 0 Å². The third-order valence-electron chi connectivity index (χ3n) is 2.69. The zero-order valence-corrected chi connectivity index (χ0v) is 10.5. The maximum atomic E-state index is 12.2. The van der Waals surface area contributed by atoms with Crippen LogP contribution in [-0.4, -0.2) is 15.5 Å². The summed E-state index contributed by atoms with van der Waals surface area (Å²) in [6.07, 6.45) is 0.749. The first-order valence-electron chi connectivity index (χ1n) is 5.60. The molecule has 1 aromatic carbocycles. The number of carbonyl (C=O) groups is 1. The van der Waals surface area contributed by atoms with Crippen LogP contribution >= 0.6 is 12.2 Å². The normalized spacial score (nSPS) is 10.7. The fourth-order valence-electron chi connectivity index (χ4n) is 1.81. The fraction of sp³-hybridized carbons (Fsp3) is 0.250. The molecule has 0 saturated heterocycles. The topological polar surface area (TPSA) is 80.9 Å². The molecule has 0 bridgehead atoms. The number of aromatic nitrogens is 2. The molecule has 0 saturated carbocycles. The lowest BCUT2D eigenvalue weighted by Gasteiger charge is -2.07. The molecule has 2 aromatic rings. The van der Waals surface area contributed by atoms with Crippen molar-refractivity contribution in [3.05, 3.63) is 39.4 Å². The van der Waals surface area contributed by atoms with Gasteiger partial charge in [0.2, 0.25) is 5.91 Å². The van der Waals surface area contributed by atoms with Crippen molar-refractivity contribution in [3.8, 4) is 0 Å². The van der Waals surface area contributed by atoms with Gasteiger partial charge < -0.3 is 10.7 Å². The van der Waals surface area contributed by atoms with Gasteiger partial charge >= 0.3 is 0 Å². The highest BCUT2D eigenvalue weighted by atomic mass is 32.1. The van der Waals surface area contributed by atoms with Crippen molar-refractivity contribution in [2.75, 3.05) is 0 Å². The molecule has 0 radical (unpaired) electrons. The molecule has 1 heterocycles. The average Bonchev–Trinajstić information content (AvgIpc) is 2.33. The van der Waals surface area contributed by atoms with Gasteiger partial charge in [-0.05, 0) is 30.8 Å². The van der Waals surface area contributed by atoms with Crippen LogP contribution in [0.5, 0.6) is 0 Å². The second kappa shape index (κ2) is 5.14. The van der Waals surface area contributed by atoms with Gasteiger partial charge in [0.15, 0.2) is 4.77 Å². The Morgan fingerprint density at radius 3 is 2.83 bits per heavy atom. The molecule has 5 nitrogen and oxygen atoms in total. The molecule has 6 heteroatoms. The van der Waals surface area contributed by atoms with Crippen molar-refractivity contribution in [2.45, 2.75) is 19.4 Å². The Balaban J connectivity index is 2.42. The van der Waals surface area contributed by atoms with Crippen LogP contribution in [0, 0.1) is 4.77 Å². The van der Waals surface area contributed by atoms with Crippen molar-refractivity contribution in [1.82, 2.24) is 9.55 Å². The number of hydrogen-bond donors (Lipinski definition) is 2. The van der Waals surface area contributed by atoms with E-state index in [-0.39, 0.29) is 17.9 Å². The minimum Gasteiger partial charge on any atom is -0.370 e. The third kappa shape index (κ3) is 2.48. The number of nitrogens with zero attached hydrogens (tertiary/aromatic N) is 1. The predicted molar refractivity (Wildman–Crippen MR) is 71.8 cm³/mol. The Bertz CT molecular complexity index is 702. The maximum Gasteiger partial charge on any atom is 0.262 e. The lowest BCUT2D eigenvalue weighted by molar-refractivity contribution is -0.118. The number of nitrogens with two attached hydrogens (primary N) is 1. The largest absolute Gasteiger partial charge is 0.370 e. The number of fused-ring (bicyclic) bond motifs is 1. The number of primary amides is 1. The van der Waals surface area contributed by atoms with Gasteiger partial charge in [-0.15, -0.1) is 0 Å². The molecule has 2 rings (SSSR count). The van der Waals surface area contributed by atoms with E-state index >= 15 is 0 Å². The van der Waals surface area contributed by atoms with Crippen LogP contribution in [-0.2, 0) is 11.3 Å². The Morgan fingerprint density at radius 1 is 1.39 bits per heavy atom. The summed E-state index contributed by atoms with van der Waals surface area (Å²) in [4.78, 5) is 25.9. The minimum atomic E-state index is -0.376. The highest BCUT2D eigenvalue weighted by molar-refractivity contribution is 7.71. The summed E-state index contributed by atoms with van der Waals surface area (Å²) < 4.78 is 1.82. The van der Waals surface area contributed by atoms with E-state index in [0.29, 0.717) is 23.1 Å². The van der Waals surface area contributed by atoms with E-state index in [1.54, 1.807) is 18.2 Å². The number of rotatable bonds is 4.